The molecule has 2 aromatic carbocycles. The molecule has 0 amide bonds. The van der Waals surface area contributed by atoms with E-state index in [0.717, 1.165) is 6.42 Å². The van der Waals surface area contributed by atoms with Gasteiger partial charge in [0.15, 0.2) is 5.69 Å². The van der Waals surface area contributed by atoms with Crippen LogP contribution in [0, 0.1) is 5.82 Å². The van der Waals surface area contributed by atoms with Crippen molar-refractivity contribution in [3.63, 3.8) is 0 Å². The van der Waals surface area contributed by atoms with Gasteiger partial charge in [-0.2, -0.15) is 0 Å². The van der Waals surface area contributed by atoms with Crippen LogP contribution < -0.4 is 4.72 Å². The molecule has 3 aromatic rings. The van der Waals surface area contributed by atoms with Gasteiger partial charge in [-0.15, -0.1) is 0 Å². The van der Waals surface area contributed by atoms with Crippen molar-refractivity contribution in [2.75, 3.05) is 4.72 Å². The van der Waals surface area contributed by atoms with Crippen LogP contribution in [0.3, 0.4) is 0 Å². The number of nitrogens with zero attached hydrogens (tertiary/aromatic N) is 2. The molecule has 0 aliphatic carbocycles. The molecule has 1 atom stereocenters. The summed E-state index contributed by atoms with van der Waals surface area (Å²) in [5.74, 6) is -0.983. The molecule has 7 nitrogen and oxygen atoms in total. The summed E-state index contributed by atoms with van der Waals surface area (Å²) in [4.78, 5) is 16.3. The summed E-state index contributed by atoms with van der Waals surface area (Å²) in [5, 5.41) is 9.69. The quantitative estimate of drug-likeness (QED) is 0.482. The van der Waals surface area contributed by atoms with Crippen molar-refractivity contribution in [1.29, 1.82) is 0 Å². The minimum atomic E-state index is -2.51. The summed E-state index contributed by atoms with van der Waals surface area (Å²) < 4.78 is 41.0. The Morgan fingerprint density at radius 1 is 1.26 bits per heavy atom. The molecule has 0 radical (unpaired) electrons. The van der Waals surface area contributed by atoms with Crippen LogP contribution in [0.2, 0.25) is 0 Å². The van der Waals surface area contributed by atoms with Crippen LogP contribution in [0.15, 0.2) is 42.5 Å². The first-order chi connectivity index (χ1) is 14.8. The molecule has 0 aliphatic heterocycles. The van der Waals surface area contributed by atoms with E-state index in [4.69, 9.17) is 0 Å². The van der Waals surface area contributed by atoms with E-state index < -0.39 is 23.1 Å². The first-order valence-corrected chi connectivity index (χ1v) is 11.0. The lowest BCUT2D eigenvalue weighted by Gasteiger charge is -2.15. The molecule has 1 aromatic heterocycles. The second-order valence-electron chi connectivity index (χ2n) is 7.01. The highest BCUT2D eigenvalue weighted by Gasteiger charge is 2.22. The van der Waals surface area contributed by atoms with Crippen molar-refractivity contribution in [2.45, 2.75) is 39.7 Å². The van der Waals surface area contributed by atoms with E-state index in [9.17, 15) is 18.7 Å². The van der Waals surface area contributed by atoms with Gasteiger partial charge in [-0.3, -0.25) is 4.21 Å². The van der Waals surface area contributed by atoms with Gasteiger partial charge in [-0.25, -0.2) is 14.2 Å². The topological polar surface area (TPSA) is 107 Å². The molecule has 0 fully saturated rings. The third kappa shape index (κ3) is 5.00. The van der Waals surface area contributed by atoms with Gasteiger partial charge in [0.05, 0.1) is 17.9 Å². The molecule has 9 heteroatoms. The molecular weight excluding hydrogens is 421 g/mol. The van der Waals surface area contributed by atoms with E-state index in [2.05, 4.69) is 9.71 Å². The first-order valence-electron chi connectivity index (χ1n) is 9.91. The Hall–Kier alpha value is -3.04. The fourth-order valence-corrected chi connectivity index (χ4v) is 3.91. The summed E-state index contributed by atoms with van der Waals surface area (Å²) in [6.45, 7) is 3.85. The Labute approximate surface area is 182 Å². The van der Waals surface area contributed by atoms with Crippen LogP contribution in [-0.2, 0) is 30.7 Å². The number of carboxylic acids is 1. The molecule has 1 heterocycles. The highest BCUT2D eigenvalue weighted by molar-refractivity contribution is 7.80. The largest absolute Gasteiger partial charge is 0.755 e. The third-order valence-electron chi connectivity index (χ3n) is 4.94. The Balaban J connectivity index is 2.00. The Bertz CT molecular complexity index is 1130. The van der Waals surface area contributed by atoms with Crippen molar-refractivity contribution >= 4 is 22.9 Å². The fourth-order valence-electron chi connectivity index (χ4n) is 3.55. The van der Waals surface area contributed by atoms with Gasteiger partial charge in [-0.05, 0) is 30.5 Å². The summed E-state index contributed by atoms with van der Waals surface area (Å²) in [5.41, 5.74) is 2.26. The number of nitrogens with one attached hydrogen (secondary N) is 1. The van der Waals surface area contributed by atoms with E-state index in [1.807, 2.05) is 13.8 Å². The number of aromatic nitrogens is 2. The third-order valence-corrected chi connectivity index (χ3v) is 5.33. The van der Waals surface area contributed by atoms with Crippen molar-refractivity contribution in [2.24, 2.45) is 0 Å². The lowest BCUT2D eigenvalue weighted by molar-refractivity contribution is 0.0684. The molecule has 0 saturated heterocycles. The van der Waals surface area contributed by atoms with Crippen LogP contribution in [0.5, 0.6) is 0 Å². The van der Waals surface area contributed by atoms with Gasteiger partial charge < -0.3 is 18.9 Å². The number of imidazole rings is 1. The Morgan fingerprint density at radius 3 is 2.61 bits per heavy atom. The number of carboxylic acid groups (broad SMARTS) is 1. The number of hydrogen-bond donors (Lipinski definition) is 2. The average Bonchev–Trinajstić information content (AvgIpc) is 3.07. The number of halogens is 1. The van der Waals surface area contributed by atoms with Crippen molar-refractivity contribution in [3.05, 3.63) is 71.1 Å². The predicted octanol–water partition coefficient (Wildman–Crippen LogP) is 4.16. The van der Waals surface area contributed by atoms with Crippen LogP contribution in [0.25, 0.3) is 11.1 Å². The van der Waals surface area contributed by atoms with Crippen molar-refractivity contribution in [1.82, 2.24) is 9.55 Å². The summed E-state index contributed by atoms with van der Waals surface area (Å²) >= 11 is -2.51. The van der Waals surface area contributed by atoms with Gasteiger partial charge in [-0.1, -0.05) is 44.2 Å². The number of anilines is 1. The van der Waals surface area contributed by atoms with Crippen LogP contribution in [0.4, 0.5) is 10.1 Å². The molecule has 1 unspecified atom stereocenters. The highest BCUT2D eigenvalue weighted by atomic mass is 32.2. The maximum absolute atomic E-state index is 15.0. The minimum Gasteiger partial charge on any atom is -0.755 e. The van der Waals surface area contributed by atoms with E-state index in [-0.39, 0.29) is 12.2 Å². The number of hydrogen-bond acceptors (Lipinski definition) is 4. The zero-order chi connectivity index (χ0) is 22.5. The van der Waals surface area contributed by atoms with Gasteiger partial charge >= 0.3 is 5.97 Å². The van der Waals surface area contributed by atoms with Crippen molar-refractivity contribution in [3.8, 4) is 11.1 Å². The normalized spacial score (nSPS) is 12.0. The molecule has 0 bridgehead atoms. The molecule has 0 aliphatic rings. The van der Waals surface area contributed by atoms with Crippen LogP contribution >= 0.6 is 0 Å². The zero-order valence-corrected chi connectivity index (χ0v) is 18.0. The Kier molecular flexibility index (Phi) is 7.19. The summed E-state index contributed by atoms with van der Waals surface area (Å²) in [6.07, 6.45) is 1.84. The molecule has 3 rings (SSSR count). The lowest BCUT2D eigenvalue weighted by Crippen LogP contribution is -2.14. The second-order valence-corrected chi connectivity index (χ2v) is 7.68. The lowest BCUT2D eigenvalue weighted by atomic mass is 10.0. The average molecular weight is 445 g/mol. The number of aryl methyl sites for hydroxylation is 2. The number of benzene rings is 2. The van der Waals surface area contributed by atoms with Crippen LogP contribution in [0.1, 0.15) is 47.8 Å². The molecular formula is C22H23FN3O4S-. The number of carbonyl (C=O) groups is 1. The number of aromatic carboxylic acids is 1. The highest BCUT2D eigenvalue weighted by Crippen LogP contribution is 2.30. The van der Waals surface area contributed by atoms with Gasteiger partial charge in [0.2, 0.25) is 0 Å². The zero-order valence-electron chi connectivity index (χ0n) is 17.2. The maximum atomic E-state index is 15.0. The maximum Gasteiger partial charge on any atom is 0.354 e. The molecule has 31 heavy (non-hydrogen) atoms. The van der Waals surface area contributed by atoms with E-state index >= 15 is 4.39 Å². The number of para-hydroxylation sites is 1. The Morgan fingerprint density at radius 2 is 2.00 bits per heavy atom. The molecule has 0 spiro atoms. The van der Waals surface area contributed by atoms with E-state index in [1.165, 1.54) is 6.07 Å². The SMILES string of the molecule is CCCc1nc(CC)c(C(=O)O)n1Cc1ccc(-c2ccccc2NS(=O)[O-])cc1F. The first kappa shape index (κ1) is 22.6. The molecule has 2 N–H and O–H groups in total. The number of rotatable bonds is 9. The molecule has 0 saturated carbocycles. The fraction of sp³-hybridized carbons (Fsp3) is 0.273. The van der Waals surface area contributed by atoms with Gasteiger partial charge in [0.1, 0.15) is 11.6 Å². The summed E-state index contributed by atoms with van der Waals surface area (Å²) in [7, 11) is 0. The second kappa shape index (κ2) is 9.84. The standard InChI is InChI=1S/C22H24FN3O4S/c1-3-7-20-24-18(4-2)21(22(27)28)26(20)13-15-11-10-14(12-17(15)23)16-8-5-6-9-19(16)25-31(29)30/h5-6,8-12,25H,3-4,7,13H2,1-2H3,(H,27,28)(H,29,30)/p-1. The minimum absolute atomic E-state index is 0.0422. The van der Waals surface area contributed by atoms with Crippen LogP contribution in [-0.4, -0.2) is 29.4 Å². The smallest absolute Gasteiger partial charge is 0.354 e. The predicted molar refractivity (Wildman–Crippen MR) is 116 cm³/mol. The summed E-state index contributed by atoms with van der Waals surface area (Å²) in [6, 6.07) is 11.3. The van der Waals surface area contributed by atoms with Gasteiger partial charge in [0, 0.05) is 28.8 Å². The van der Waals surface area contributed by atoms with Crippen molar-refractivity contribution < 1.29 is 23.1 Å². The molecule has 164 valence electrons. The van der Waals surface area contributed by atoms with Gasteiger partial charge in [0.25, 0.3) is 0 Å². The monoisotopic (exact) mass is 444 g/mol. The van der Waals surface area contributed by atoms with E-state index in [1.54, 1.807) is 41.0 Å². The van der Waals surface area contributed by atoms with E-state index in [0.29, 0.717) is 46.7 Å².